The molecule has 0 fully saturated rings. The van der Waals surface area contributed by atoms with E-state index in [0.717, 1.165) is 11.1 Å². The average Bonchev–Trinajstić information content (AvgIpc) is 2.27. The predicted molar refractivity (Wildman–Crippen MR) is 49.5 cm³/mol. The highest BCUT2D eigenvalue weighted by Gasteiger charge is 2.27. The summed E-state index contributed by atoms with van der Waals surface area (Å²) >= 11 is 0. The summed E-state index contributed by atoms with van der Waals surface area (Å²) in [6.45, 7) is 3.99. The fourth-order valence-electron chi connectivity index (χ4n) is 1.67. The topological polar surface area (TPSA) is 45.5 Å². The zero-order valence-electron chi connectivity index (χ0n) is 7.92. The summed E-state index contributed by atoms with van der Waals surface area (Å²) in [5.41, 5.74) is 4.75. The molecule has 1 aromatic rings. The van der Waals surface area contributed by atoms with Crippen LogP contribution in [-0.2, 0) is 0 Å². The van der Waals surface area contributed by atoms with Crippen molar-refractivity contribution in [2.45, 2.75) is 19.9 Å². The standard InChI is InChI=1S/C9H12N2O2/c1-5-4-7(12)13-9-8(5)6(2)11(3)10-9/h4,6,10H,1-3H3. The van der Waals surface area contributed by atoms with Crippen LogP contribution in [0.3, 0.4) is 0 Å². The van der Waals surface area contributed by atoms with E-state index in [2.05, 4.69) is 12.3 Å². The van der Waals surface area contributed by atoms with Gasteiger partial charge in [0.25, 0.3) is 0 Å². The Kier molecular flexibility index (Phi) is 1.66. The van der Waals surface area contributed by atoms with E-state index in [1.54, 1.807) is 0 Å². The highest BCUT2D eigenvalue weighted by Crippen LogP contribution is 2.34. The number of nitrogens with one attached hydrogen (secondary N) is 1. The zero-order valence-corrected chi connectivity index (χ0v) is 7.92. The summed E-state index contributed by atoms with van der Waals surface area (Å²) < 4.78 is 5.03. The monoisotopic (exact) mass is 180 g/mol. The molecule has 0 spiro atoms. The molecule has 0 aromatic carbocycles. The van der Waals surface area contributed by atoms with E-state index in [0.29, 0.717) is 5.88 Å². The maximum absolute atomic E-state index is 11.0. The van der Waals surface area contributed by atoms with Gasteiger partial charge in [-0.05, 0) is 19.4 Å². The normalized spacial score (nSPS) is 21.3. The van der Waals surface area contributed by atoms with E-state index in [-0.39, 0.29) is 11.7 Å². The van der Waals surface area contributed by atoms with E-state index in [4.69, 9.17) is 4.42 Å². The molecule has 1 aliphatic heterocycles. The van der Waals surface area contributed by atoms with Crippen molar-refractivity contribution in [2.24, 2.45) is 0 Å². The minimum Gasteiger partial charge on any atom is -0.405 e. The second-order valence-corrected chi connectivity index (χ2v) is 3.39. The molecule has 1 unspecified atom stereocenters. The summed E-state index contributed by atoms with van der Waals surface area (Å²) in [5, 5.41) is 1.92. The fraction of sp³-hybridized carbons (Fsp3) is 0.444. The van der Waals surface area contributed by atoms with E-state index >= 15 is 0 Å². The van der Waals surface area contributed by atoms with Crippen molar-refractivity contribution >= 4 is 5.88 Å². The summed E-state index contributed by atoms with van der Waals surface area (Å²) in [5.74, 6) is 0.583. The first-order chi connectivity index (χ1) is 6.09. The van der Waals surface area contributed by atoms with Crippen LogP contribution in [0.25, 0.3) is 0 Å². The van der Waals surface area contributed by atoms with Crippen LogP contribution in [0, 0.1) is 6.92 Å². The molecule has 2 rings (SSSR count). The molecule has 0 bridgehead atoms. The number of hydrazine groups is 1. The third-order valence-electron chi connectivity index (χ3n) is 2.48. The van der Waals surface area contributed by atoms with E-state index in [1.807, 2.05) is 19.0 Å². The molecule has 0 saturated carbocycles. The minimum atomic E-state index is -0.300. The Bertz CT molecular complexity index is 397. The maximum atomic E-state index is 11.0. The molecule has 4 heteroatoms. The predicted octanol–water partition coefficient (Wildman–Crippen LogP) is 1.28. The third-order valence-corrected chi connectivity index (χ3v) is 2.48. The Morgan fingerprint density at radius 3 is 3.00 bits per heavy atom. The number of anilines is 1. The van der Waals surface area contributed by atoms with Gasteiger partial charge in [-0.3, -0.25) is 5.43 Å². The van der Waals surface area contributed by atoms with Gasteiger partial charge in [0, 0.05) is 18.7 Å². The second-order valence-electron chi connectivity index (χ2n) is 3.39. The molecule has 4 nitrogen and oxygen atoms in total. The van der Waals surface area contributed by atoms with Crippen molar-refractivity contribution in [1.29, 1.82) is 0 Å². The molecule has 0 aliphatic carbocycles. The lowest BCUT2D eigenvalue weighted by Gasteiger charge is -2.13. The molecule has 1 N–H and O–H groups in total. The van der Waals surface area contributed by atoms with Crippen molar-refractivity contribution in [3.63, 3.8) is 0 Å². The van der Waals surface area contributed by atoms with Crippen LogP contribution in [0.1, 0.15) is 24.1 Å². The number of hydrogen-bond acceptors (Lipinski definition) is 4. The number of fused-ring (bicyclic) bond motifs is 1. The largest absolute Gasteiger partial charge is 0.405 e. The molecular weight excluding hydrogens is 168 g/mol. The second kappa shape index (κ2) is 2.60. The van der Waals surface area contributed by atoms with Gasteiger partial charge in [0.15, 0.2) is 0 Å². The highest BCUT2D eigenvalue weighted by molar-refractivity contribution is 5.50. The Balaban J connectivity index is 2.64. The molecular formula is C9H12N2O2. The molecule has 1 aliphatic rings. The smallest absolute Gasteiger partial charge is 0.337 e. The molecule has 2 heterocycles. The van der Waals surface area contributed by atoms with Crippen LogP contribution in [0.4, 0.5) is 5.88 Å². The molecule has 13 heavy (non-hydrogen) atoms. The summed E-state index contributed by atoms with van der Waals surface area (Å²) in [6.07, 6.45) is 0. The molecule has 0 radical (unpaired) electrons. The van der Waals surface area contributed by atoms with E-state index < -0.39 is 0 Å². The van der Waals surface area contributed by atoms with Crippen molar-refractivity contribution in [2.75, 3.05) is 12.5 Å². The number of hydrogen-bond donors (Lipinski definition) is 1. The van der Waals surface area contributed by atoms with Gasteiger partial charge in [-0.1, -0.05) is 0 Å². The van der Waals surface area contributed by atoms with Crippen LogP contribution < -0.4 is 11.1 Å². The maximum Gasteiger partial charge on any atom is 0.337 e. The lowest BCUT2D eigenvalue weighted by atomic mass is 10.1. The lowest BCUT2D eigenvalue weighted by molar-refractivity contribution is 0.338. The highest BCUT2D eigenvalue weighted by atomic mass is 16.4. The van der Waals surface area contributed by atoms with Crippen LogP contribution in [0.5, 0.6) is 0 Å². The van der Waals surface area contributed by atoms with Crippen LogP contribution in [0.2, 0.25) is 0 Å². The van der Waals surface area contributed by atoms with E-state index in [9.17, 15) is 4.79 Å². The van der Waals surface area contributed by atoms with Gasteiger partial charge >= 0.3 is 5.63 Å². The van der Waals surface area contributed by atoms with Gasteiger partial charge < -0.3 is 4.42 Å². The Morgan fingerprint density at radius 2 is 2.31 bits per heavy atom. The molecule has 70 valence electrons. The van der Waals surface area contributed by atoms with Gasteiger partial charge in [0.05, 0.1) is 6.04 Å². The fourth-order valence-corrected chi connectivity index (χ4v) is 1.67. The summed E-state index contributed by atoms with van der Waals surface area (Å²) in [4.78, 5) is 11.0. The van der Waals surface area contributed by atoms with Crippen LogP contribution in [-0.4, -0.2) is 12.1 Å². The SMILES string of the molecule is Cc1cc(=O)oc2c1C(C)N(C)N2. The van der Waals surface area contributed by atoms with Gasteiger partial charge in [0.1, 0.15) is 0 Å². The average molecular weight is 180 g/mol. The Labute approximate surface area is 76.1 Å². The van der Waals surface area contributed by atoms with Crippen molar-refractivity contribution in [3.05, 3.63) is 27.6 Å². The van der Waals surface area contributed by atoms with Crippen LogP contribution >= 0.6 is 0 Å². The Morgan fingerprint density at radius 1 is 1.62 bits per heavy atom. The first-order valence-corrected chi connectivity index (χ1v) is 4.23. The molecule has 0 saturated heterocycles. The van der Waals surface area contributed by atoms with Gasteiger partial charge in [0.2, 0.25) is 5.88 Å². The summed E-state index contributed by atoms with van der Waals surface area (Å²) in [6, 6.07) is 1.77. The van der Waals surface area contributed by atoms with Crippen LogP contribution in [0.15, 0.2) is 15.3 Å². The first-order valence-electron chi connectivity index (χ1n) is 4.23. The van der Waals surface area contributed by atoms with Gasteiger partial charge in [-0.2, -0.15) is 0 Å². The van der Waals surface area contributed by atoms with Crippen molar-refractivity contribution in [1.82, 2.24) is 5.01 Å². The van der Waals surface area contributed by atoms with Gasteiger partial charge in [-0.15, -0.1) is 0 Å². The molecule has 1 atom stereocenters. The first kappa shape index (κ1) is 8.31. The summed E-state index contributed by atoms with van der Waals surface area (Å²) in [7, 11) is 1.92. The number of rotatable bonds is 0. The van der Waals surface area contributed by atoms with Crippen molar-refractivity contribution < 1.29 is 4.42 Å². The molecule has 1 aromatic heterocycles. The van der Waals surface area contributed by atoms with Gasteiger partial charge in [-0.25, -0.2) is 9.80 Å². The lowest BCUT2D eigenvalue weighted by Crippen LogP contribution is -2.20. The number of aryl methyl sites for hydroxylation is 1. The Hall–Kier alpha value is -1.29. The zero-order chi connectivity index (χ0) is 9.59. The van der Waals surface area contributed by atoms with E-state index in [1.165, 1.54) is 6.07 Å². The van der Waals surface area contributed by atoms with Crippen molar-refractivity contribution in [3.8, 4) is 0 Å². The quantitative estimate of drug-likeness (QED) is 0.653. The number of nitrogens with zero attached hydrogens (tertiary/aromatic N) is 1. The molecule has 0 amide bonds. The third kappa shape index (κ3) is 1.14. The minimum absolute atomic E-state index is 0.249.